The molecular weight excluding hydrogens is 290 g/mol. The van der Waals surface area contributed by atoms with Gasteiger partial charge in [0.25, 0.3) is 0 Å². The second kappa shape index (κ2) is 8.59. The third-order valence-corrected chi connectivity index (χ3v) is 4.87. The van der Waals surface area contributed by atoms with Gasteiger partial charge in [-0.15, -0.1) is 11.3 Å². The van der Waals surface area contributed by atoms with Crippen molar-refractivity contribution in [3.05, 3.63) is 57.8 Å². The van der Waals surface area contributed by atoms with Crippen LogP contribution in [0.5, 0.6) is 0 Å². The molecule has 2 rings (SSSR count). The van der Waals surface area contributed by atoms with Gasteiger partial charge in [-0.25, -0.2) is 0 Å². The fraction of sp³-hybridized carbons (Fsp3) is 0.389. The summed E-state index contributed by atoms with van der Waals surface area (Å²) in [6, 6.07) is 12.8. The monoisotopic (exact) mass is 315 g/mol. The predicted molar refractivity (Wildman–Crippen MR) is 96.7 cm³/mol. The Morgan fingerprint density at radius 1 is 1.18 bits per heavy atom. The average Bonchev–Trinajstić information content (AvgIpc) is 2.96. The van der Waals surface area contributed by atoms with E-state index in [2.05, 4.69) is 71.3 Å². The van der Waals surface area contributed by atoms with E-state index in [4.69, 9.17) is 0 Å². The maximum Gasteiger partial charge on any atom is 0.191 e. The van der Waals surface area contributed by atoms with Crippen molar-refractivity contribution >= 4 is 17.3 Å². The second-order valence-electron chi connectivity index (χ2n) is 5.48. The smallest absolute Gasteiger partial charge is 0.191 e. The number of nitrogens with one attached hydrogen (secondary N) is 2. The lowest BCUT2D eigenvalue weighted by molar-refractivity contribution is 0.652. The molecule has 2 aromatic rings. The summed E-state index contributed by atoms with van der Waals surface area (Å²) in [7, 11) is 1.82. The highest BCUT2D eigenvalue weighted by Gasteiger charge is 2.06. The lowest BCUT2D eigenvalue weighted by Crippen LogP contribution is -2.37. The molecular formula is C18H25N3S. The highest BCUT2D eigenvalue weighted by molar-refractivity contribution is 7.10. The quantitative estimate of drug-likeness (QED) is 0.626. The normalized spacial score (nSPS) is 13.0. The zero-order valence-corrected chi connectivity index (χ0v) is 14.4. The highest BCUT2D eigenvalue weighted by atomic mass is 32.1. The van der Waals surface area contributed by atoms with Crippen molar-refractivity contribution in [2.45, 2.75) is 32.7 Å². The summed E-state index contributed by atoms with van der Waals surface area (Å²) in [5.41, 5.74) is 2.73. The number of hydrogen-bond acceptors (Lipinski definition) is 2. The van der Waals surface area contributed by atoms with Crippen LogP contribution < -0.4 is 10.6 Å². The minimum absolute atomic E-state index is 0.548. The van der Waals surface area contributed by atoms with Gasteiger partial charge in [-0.2, -0.15) is 0 Å². The third-order valence-electron chi connectivity index (χ3n) is 3.85. The fourth-order valence-electron chi connectivity index (χ4n) is 2.33. The zero-order valence-electron chi connectivity index (χ0n) is 13.6. The molecule has 0 spiro atoms. The van der Waals surface area contributed by atoms with Gasteiger partial charge in [0, 0.05) is 18.5 Å². The molecule has 22 heavy (non-hydrogen) atoms. The Morgan fingerprint density at radius 3 is 2.59 bits per heavy atom. The molecule has 1 aromatic carbocycles. The van der Waals surface area contributed by atoms with E-state index < -0.39 is 0 Å². The second-order valence-corrected chi connectivity index (χ2v) is 6.48. The van der Waals surface area contributed by atoms with Gasteiger partial charge in [0.1, 0.15) is 0 Å². The Hall–Kier alpha value is -1.81. The molecule has 0 aliphatic carbocycles. The largest absolute Gasteiger partial charge is 0.356 e. The molecule has 0 aliphatic heterocycles. The number of thiophene rings is 1. The maximum absolute atomic E-state index is 4.29. The van der Waals surface area contributed by atoms with Crippen LogP contribution in [-0.2, 0) is 6.54 Å². The van der Waals surface area contributed by atoms with Crippen molar-refractivity contribution in [1.82, 2.24) is 10.6 Å². The molecule has 4 heteroatoms. The molecule has 0 saturated heterocycles. The van der Waals surface area contributed by atoms with Crippen LogP contribution in [0.15, 0.2) is 46.8 Å². The molecule has 0 aliphatic rings. The first kappa shape index (κ1) is 16.6. The van der Waals surface area contributed by atoms with Gasteiger partial charge in [0.15, 0.2) is 5.96 Å². The first-order valence-electron chi connectivity index (χ1n) is 7.73. The molecule has 1 heterocycles. The molecule has 2 N–H and O–H groups in total. The Bertz CT molecular complexity index is 589. The topological polar surface area (TPSA) is 36.4 Å². The third kappa shape index (κ3) is 4.88. The van der Waals surface area contributed by atoms with Crippen LogP contribution in [0.1, 0.15) is 35.3 Å². The Kier molecular flexibility index (Phi) is 6.46. The van der Waals surface area contributed by atoms with Crippen LogP contribution in [0.25, 0.3) is 0 Å². The van der Waals surface area contributed by atoms with Crippen molar-refractivity contribution in [3.8, 4) is 0 Å². The summed E-state index contributed by atoms with van der Waals surface area (Å²) in [6.07, 6.45) is 1.09. The minimum Gasteiger partial charge on any atom is -0.356 e. The first-order valence-corrected chi connectivity index (χ1v) is 8.61. The van der Waals surface area contributed by atoms with Crippen LogP contribution in [0.4, 0.5) is 0 Å². The molecule has 1 atom stereocenters. The van der Waals surface area contributed by atoms with Gasteiger partial charge < -0.3 is 10.6 Å². The number of nitrogens with zero attached hydrogens (tertiary/aromatic N) is 1. The lowest BCUT2D eigenvalue weighted by atomic mass is 9.98. The molecule has 0 saturated carbocycles. The number of aliphatic imine (C=N–C) groups is 1. The van der Waals surface area contributed by atoms with Gasteiger partial charge in [0.05, 0.1) is 6.54 Å². The Labute approximate surface area is 137 Å². The lowest BCUT2D eigenvalue weighted by Gasteiger charge is -2.15. The number of guanidine groups is 1. The molecule has 1 aromatic heterocycles. The molecule has 0 amide bonds. The molecule has 118 valence electrons. The van der Waals surface area contributed by atoms with Crippen molar-refractivity contribution in [3.63, 3.8) is 0 Å². The number of rotatable bonds is 6. The summed E-state index contributed by atoms with van der Waals surface area (Å²) in [5, 5.41) is 8.90. The Balaban J connectivity index is 1.74. The van der Waals surface area contributed by atoms with Gasteiger partial charge in [-0.1, -0.05) is 37.3 Å². The summed E-state index contributed by atoms with van der Waals surface area (Å²) < 4.78 is 0. The predicted octanol–water partition coefficient (Wildman–Crippen LogP) is 3.92. The zero-order chi connectivity index (χ0) is 15.8. The molecule has 0 bridgehead atoms. The van der Waals surface area contributed by atoms with Gasteiger partial charge >= 0.3 is 0 Å². The molecule has 3 nitrogen and oxygen atoms in total. The fourth-order valence-corrected chi connectivity index (χ4v) is 3.17. The van der Waals surface area contributed by atoms with E-state index in [0.717, 1.165) is 25.5 Å². The van der Waals surface area contributed by atoms with Crippen molar-refractivity contribution in [2.24, 2.45) is 4.99 Å². The summed E-state index contributed by atoms with van der Waals surface area (Å²) in [6.45, 7) is 6.16. The molecule has 0 radical (unpaired) electrons. The standard InChI is InChI=1S/C18H25N3S/c1-14(16-7-5-4-6-8-16)9-11-20-18(19-3)21-13-17-15(2)10-12-22-17/h4-8,10,12,14H,9,11,13H2,1-3H3,(H2,19,20,21). The maximum atomic E-state index is 4.29. The van der Waals surface area contributed by atoms with Crippen LogP contribution in [0, 0.1) is 6.92 Å². The molecule has 0 fully saturated rings. The van der Waals surface area contributed by atoms with Crippen molar-refractivity contribution in [2.75, 3.05) is 13.6 Å². The SMILES string of the molecule is CN=C(NCCC(C)c1ccccc1)NCc1sccc1C. The van der Waals surface area contributed by atoms with Crippen molar-refractivity contribution < 1.29 is 0 Å². The number of aryl methyl sites for hydroxylation is 1. The number of hydrogen-bond donors (Lipinski definition) is 2. The average molecular weight is 315 g/mol. The van der Waals surface area contributed by atoms with Crippen LogP contribution >= 0.6 is 11.3 Å². The number of benzene rings is 1. The van der Waals surface area contributed by atoms with Crippen LogP contribution in [0.3, 0.4) is 0 Å². The summed E-state index contributed by atoms with van der Waals surface area (Å²) in [4.78, 5) is 5.65. The summed E-state index contributed by atoms with van der Waals surface area (Å²) in [5.74, 6) is 1.42. The van der Waals surface area contributed by atoms with E-state index in [1.54, 1.807) is 11.3 Å². The van der Waals surface area contributed by atoms with E-state index in [1.165, 1.54) is 16.0 Å². The van der Waals surface area contributed by atoms with E-state index in [0.29, 0.717) is 5.92 Å². The van der Waals surface area contributed by atoms with E-state index >= 15 is 0 Å². The van der Waals surface area contributed by atoms with E-state index in [-0.39, 0.29) is 0 Å². The van der Waals surface area contributed by atoms with Gasteiger partial charge in [-0.3, -0.25) is 4.99 Å². The van der Waals surface area contributed by atoms with Crippen LogP contribution in [-0.4, -0.2) is 19.6 Å². The molecule has 1 unspecified atom stereocenters. The highest BCUT2D eigenvalue weighted by Crippen LogP contribution is 2.17. The Morgan fingerprint density at radius 2 is 1.95 bits per heavy atom. The first-order chi connectivity index (χ1) is 10.7. The summed E-state index contributed by atoms with van der Waals surface area (Å²) >= 11 is 1.78. The van der Waals surface area contributed by atoms with Crippen molar-refractivity contribution in [1.29, 1.82) is 0 Å². The van der Waals surface area contributed by atoms with Gasteiger partial charge in [-0.05, 0) is 41.8 Å². The van der Waals surface area contributed by atoms with E-state index in [9.17, 15) is 0 Å². The van der Waals surface area contributed by atoms with Gasteiger partial charge in [0.2, 0.25) is 0 Å². The van der Waals surface area contributed by atoms with E-state index in [1.807, 2.05) is 7.05 Å². The minimum atomic E-state index is 0.548. The van der Waals surface area contributed by atoms with Crippen LogP contribution in [0.2, 0.25) is 0 Å².